The monoisotopic (exact) mass is 742 g/mol. The number of ether oxygens (including phenoxy) is 1. The number of carbonyl (C=O) groups excluding carboxylic acids is 5. The molecule has 3 fully saturated rings. The molecule has 0 spiro atoms. The number of carbonyl (C=O) groups is 5. The minimum absolute atomic E-state index is 0.00813. The molecule has 4 aliphatic rings. The summed E-state index contributed by atoms with van der Waals surface area (Å²) in [5.41, 5.74) is 1.07. The quantitative estimate of drug-likeness (QED) is 0.237. The number of hydrazine groups is 1. The van der Waals surface area contributed by atoms with E-state index in [1.807, 2.05) is 0 Å². The van der Waals surface area contributed by atoms with E-state index in [2.05, 4.69) is 10.4 Å². The van der Waals surface area contributed by atoms with Crippen LogP contribution in [0.5, 0.6) is 5.75 Å². The highest BCUT2D eigenvalue weighted by Crippen LogP contribution is 2.65. The van der Waals surface area contributed by atoms with Gasteiger partial charge in [-0.15, -0.1) is 0 Å². The highest BCUT2D eigenvalue weighted by atomic mass is 35.5. The Morgan fingerprint density at radius 1 is 1.04 bits per heavy atom. The Morgan fingerprint density at radius 3 is 2.39 bits per heavy atom. The average Bonchev–Trinajstić information content (AvgIpc) is 3.47. The molecule has 7 rings (SSSR count). The lowest BCUT2D eigenvalue weighted by Gasteiger charge is -2.50. The van der Waals surface area contributed by atoms with Gasteiger partial charge in [-0.25, -0.2) is 9.78 Å². The van der Waals surface area contributed by atoms with E-state index < -0.39 is 87.3 Å². The second-order valence-corrected chi connectivity index (χ2v) is 13.8. The SMILES string of the molecule is COC(=O)N1C(=O)[C@H]2[C@H](CC=C3[C@H]2C[C@H]2C(=O)N(Nc4ncc(C(F)(F)F)cc4Cl)C(=O)[C@@]2(c2ccc(Cl)cc2)[C@H]3c2cccc(C)c2O)C1=O. The van der Waals surface area contributed by atoms with Gasteiger partial charge in [-0.2, -0.15) is 23.1 Å². The number of rotatable bonds is 4. The standard InChI is InChI=1S/C35H27Cl2F3N4O7/c1-15-4-3-5-21(27(15)45)26-19-10-11-20-25(31(48)43(29(20)46)33(50)51-2)22(19)13-23-30(47)44(32(49)34(23,26)16-6-8-18(36)9-7-16)42-28-24(37)12-17(14-41-28)35(38,39)40/h3-10,12,14,20,22-23,25-26,45H,11,13H2,1-2H3,(H,41,42)/t20-,22+,23-,25-,26+,34+/m0/s1. The molecule has 3 heterocycles. The van der Waals surface area contributed by atoms with E-state index in [9.17, 15) is 37.5 Å². The van der Waals surface area contributed by atoms with Crippen molar-refractivity contribution in [3.05, 3.63) is 98.7 Å². The van der Waals surface area contributed by atoms with Crippen LogP contribution in [0.2, 0.25) is 10.0 Å². The zero-order chi connectivity index (χ0) is 36.7. The fourth-order valence-electron chi connectivity index (χ4n) is 8.31. The van der Waals surface area contributed by atoms with Crippen LogP contribution < -0.4 is 5.43 Å². The fraction of sp³-hybridized carbons (Fsp3) is 0.314. The van der Waals surface area contributed by atoms with Gasteiger partial charge in [-0.05, 0) is 55.0 Å². The van der Waals surface area contributed by atoms with Crippen molar-refractivity contribution in [2.75, 3.05) is 12.5 Å². The van der Waals surface area contributed by atoms with Crippen LogP contribution in [0, 0.1) is 30.6 Å². The number of anilines is 1. The highest BCUT2D eigenvalue weighted by molar-refractivity contribution is 6.33. The van der Waals surface area contributed by atoms with Crippen molar-refractivity contribution in [1.29, 1.82) is 0 Å². The second kappa shape index (κ2) is 12.1. The first kappa shape index (κ1) is 34.5. The Kier molecular flexibility index (Phi) is 8.17. The number of benzene rings is 2. The van der Waals surface area contributed by atoms with Crippen LogP contribution in [0.15, 0.2) is 66.4 Å². The van der Waals surface area contributed by atoms with Gasteiger partial charge in [0.2, 0.25) is 11.8 Å². The number of hydrogen-bond donors (Lipinski definition) is 2. The molecular formula is C35H27Cl2F3N4O7. The normalized spacial score (nSPS) is 27.2. The molecule has 2 aliphatic heterocycles. The molecule has 2 saturated heterocycles. The largest absolute Gasteiger partial charge is 0.507 e. The summed E-state index contributed by atoms with van der Waals surface area (Å²) >= 11 is 12.5. The number of halogens is 5. The van der Waals surface area contributed by atoms with Gasteiger partial charge in [0.15, 0.2) is 5.82 Å². The molecule has 2 aliphatic carbocycles. The van der Waals surface area contributed by atoms with Gasteiger partial charge in [0.25, 0.3) is 11.8 Å². The number of pyridine rings is 1. The number of para-hydroxylation sites is 1. The third kappa shape index (κ3) is 5.01. The Bertz CT molecular complexity index is 2070. The smallest absolute Gasteiger partial charge is 0.423 e. The Morgan fingerprint density at radius 2 is 1.75 bits per heavy atom. The molecule has 264 valence electrons. The summed E-state index contributed by atoms with van der Waals surface area (Å²) in [5.74, 6) is -9.16. The van der Waals surface area contributed by atoms with Crippen LogP contribution >= 0.6 is 23.2 Å². The van der Waals surface area contributed by atoms with Gasteiger partial charge < -0.3 is 9.84 Å². The zero-order valence-electron chi connectivity index (χ0n) is 26.7. The predicted molar refractivity (Wildman–Crippen MR) is 174 cm³/mol. The van der Waals surface area contributed by atoms with Crippen LogP contribution in [0.1, 0.15) is 41.0 Å². The predicted octanol–water partition coefficient (Wildman–Crippen LogP) is 6.17. The Hall–Kier alpha value is -4.95. The lowest BCUT2D eigenvalue weighted by Crippen LogP contribution is -2.53. The minimum Gasteiger partial charge on any atom is -0.507 e. The van der Waals surface area contributed by atoms with E-state index >= 15 is 4.79 Å². The van der Waals surface area contributed by atoms with Crippen LogP contribution in [0.4, 0.5) is 23.8 Å². The first-order valence-corrected chi connectivity index (χ1v) is 16.5. The lowest BCUT2D eigenvalue weighted by molar-refractivity contribution is -0.140. The number of imide groups is 4. The number of aromatic hydroxyl groups is 1. The van der Waals surface area contributed by atoms with Crippen molar-refractivity contribution < 1.29 is 47.0 Å². The molecule has 1 aromatic heterocycles. The van der Waals surface area contributed by atoms with Crippen LogP contribution in [0.25, 0.3) is 0 Å². The summed E-state index contributed by atoms with van der Waals surface area (Å²) < 4.78 is 44.9. The van der Waals surface area contributed by atoms with Gasteiger partial charge in [-0.1, -0.05) is 65.2 Å². The number of nitrogens with one attached hydrogen (secondary N) is 1. The molecule has 2 N–H and O–H groups in total. The van der Waals surface area contributed by atoms with Crippen molar-refractivity contribution in [3.8, 4) is 5.75 Å². The molecule has 11 nitrogen and oxygen atoms in total. The summed E-state index contributed by atoms with van der Waals surface area (Å²) in [6.07, 6.45) is -3.85. The maximum Gasteiger partial charge on any atom is 0.423 e. The van der Waals surface area contributed by atoms with Gasteiger partial charge >= 0.3 is 12.3 Å². The van der Waals surface area contributed by atoms with E-state index in [-0.39, 0.29) is 24.2 Å². The molecule has 3 aromatic rings. The minimum atomic E-state index is -4.77. The number of aromatic nitrogens is 1. The molecule has 0 unspecified atom stereocenters. The number of aryl methyl sites for hydroxylation is 1. The topological polar surface area (TPSA) is 146 Å². The van der Waals surface area contributed by atoms with Gasteiger partial charge in [0.1, 0.15) is 5.75 Å². The van der Waals surface area contributed by atoms with Crippen LogP contribution in [0.3, 0.4) is 0 Å². The molecule has 6 atom stereocenters. The summed E-state index contributed by atoms with van der Waals surface area (Å²) in [7, 11) is 1.04. The van der Waals surface area contributed by atoms with Crippen molar-refractivity contribution in [2.24, 2.45) is 23.7 Å². The van der Waals surface area contributed by atoms with Gasteiger partial charge in [0, 0.05) is 22.7 Å². The van der Waals surface area contributed by atoms with Crippen LogP contribution in [-0.2, 0) is 35.5 Å². The summed E-state index contributed by atoms with van der Waals surface area (Å²) in [4.78, 5) is 73.9. The number of hydrogen-bond acceptors (Lipinski definition) is 9. The number of phenolic OH excluding ortho intramolecular Hbond substituents is 1. The maximum absolute atomic E-state index is 15.1. The summed E-state index contributed by atoms with van der Waals surface area (Å²) in [5, 5.41) is 12.0. The number of methoxy groups -OCH3 is 1. The summed E-state index contributed by atoms with van der Waals surface area (Å²) in [6.45, 7) is 1.65. The number of phenols is 1. The van der Waals surface area contributed by atoms with E-state index in [0.717, 1.165) is 7.11 Å². The van der Waals surface area contributed by atoms with Crippen molar-refractivity contribution in [2.45, 2.75) is 37.3 Å². The molecule has 2 aromatic carbocycles. The molecule has 1 saturated carbocycles. The fourth-order valence-corrected chi connectivity index (χ4v) is 8.65. The van der Waals surface area contributed by atoms with E-state index in [4.69, 9.17) is 27.9 Å². The van der Waals surface area contributed by atoms with Crippen molar-refractivity contribution >= 4 is 58.7 Å². The van der Waals surface area contributed by atoms with Crippen LogP contribution in [-0.4, -0.2) is 56.8 Å². The number of likely N-dealkylation sites (tertiary alicyclic amines) is 1. The molecule has 5 amide bonds. The Balaban J connectivity index is 1.45. The van der Waals surface area contributed by atoms with E-state index in [0.29, 0.717) is 43.9 Å². The first-order valence-electron chi connectivity index (χ1n) is 15.7. The van der Waals surface area contributed by atoms with E-state index in [1.54, 1.807) is 43.3 Å². The lowest BCUT2D eigenvalue weighted by atomic mass is 9.49. The average molecular weight is 744 g/mol. The number of allylic oxidation sites excluding steroid dienone is 2. The number of amides is 5. The summed E-state index contributed by atoms with van der Waals surface area (Å²) in [6, 6.07) is 11.7. The molecule has 0 radical (unpaired) electrons. The van der Waals surface area contributed by atoms with Crippen molar-refractivity contribution in [3.63, 3.8) is 0 Å². The third-order valence-corrected chi connectivity index (χ3v) is 11.0. The van der Waals surface area contributed by atoms with Crippen molar-refractivity contribution in [1.82, 2.24) is 14.9 Å². The molecular weight excluding hydrogens is 716 g/mol. The number of alkyl halides is 3. The number of nitrogens with zero attached hydrogens (tertiary/aromatic N) is 3. The van der Waals surface area contributed by atoms with Gasteiger partial charge in [0.05, 0.1) is 40.9 Å². The number of fused-ring (bicyclic) bond motifs is 4. The molecule has 51 heavy (non-hydrogen) atoms. The first-order chi connectivity index (χ1) is 24.1. The van der Waals surface area contributed by atoms with E-state index in [1.165, 1.54) is 12.1 Å². The second-order valence-electron chi connectivity index (χ2n) is 12.9. The molecule has 0 bridgehead atoms. The highest BCUT2D eigenvalue weighted by Gasteiger charge is 2.71. The maximum atomic E-state index is 15.1. The van der Waals surface area contributed by atoms with Gasteiger partial charge in [-0.3, -0.25) is 24.6 Å². The molecule has 16 heteroatoms. The third-order valence-electron chi connectivity index (χ3n) is 10.5. The Labute approximate surface area is 297 Å². The zero-order valence-corrected chi connectivity index (χ0v) is 28.2.